The molecular formula is C8H9N3. The topological polar surface area (TPSA) is 62.7 Å². The van der Waals surface area contributed by atoms with E-state index in [1.54, 1.807) is 6.07 Å². The molecule has 0 aliphatic heterocycles. The smallest absolute Gasteiger partial charge is 0.141 e. The van der Waals surface area contributed by atoms with Crippen LogP contribution in [0.5, 0.6) is 0 Å². The van der Waals surface area contributed by atoms with Crippen molar-refractivity contribution in [2.24, 2.45) is 0 Å². The fourth-order valence-electron chi connectivity index (χ4n) is 0.814. The van der Waals surface area contributed by atoms with Gasteiger partial charge in [-0.15, -0.1) is 0 Å². The Morgan fingerprint density at radius 3 is 2.73 bits per heavy atom. The zero-order valence-corrected chi connectivity index (χ0v) is 6.55. The largest absolute Gasteiger partial charge is 0.383 e. The summed E-state index contributed by atoms with van der Waals surface area (Å²) in [6.45, 7) is 3.77. The zero-order chi connectivity index (χ0) is 8.43. The number of aromatic nitrogens is 1. The van der Waals surface area contributed by atoms with E-state index in [0.29, 0.717) is 11.4 Å². The molecule has 1 aromatic heterocycles. The van der Waals surface area contributed by atoms with Crippen molar-refractivity contribution in [3.8, 4) is 6.07 Å². The number of anilines is 1. The highest BCUT2D eigenvalue weighted by atomic mass is 14.8. The van der Waals surface area contributed by atoms with Crippen molar-refractivity contribution in [1.29, 1.82) is 5.26 Å². The van der Waals surface area contributed by atoms with E-state index in [-0.39, 0.29) is 0 Å². The summed E-state index contributed by atoms with van der Waals surface area (Å²) in [5.74, 6) is 0.315. The number of nitriles is 1. The molecule has 0 bridgehead atoms. The summed E-state index contributed by atoms with van der Waals surface area (Å²) in [5.41, 5.74) is 7.79. The Hall–Kier alpha value is -1.56. The molecule has 2 N–H and O–H groups in total. The van der Waals surface area contributed by atoms with Crippen molar-refractivity contribution in [3.63, 3.8) is 0 Å². The van der Waals surface area contributed by atoms with Gasteiger partial charge in [0.05, 0.1) is 5.56 Å². The molecule has 0 fully saturated rings. The Morgan fingerprint density at radius 1 is 1.55 bits per heavy atom. The molecule has 56 valence electrons. The zero-order valence-electron chi connectivity index (χ0n) is 6.55. The number of nitrogens with zero attached hydrogens (tertiary/aromatic N) is 2. The van der Waals surface area contributed by atoms with Gasteiger partial charge in [0.25, 0.3) is 0 Å². The van der Waals surface area contributed by atoms with E-state index in [1.807, 2.05) is 19.9 Å². The number of pyridine rings is 1. The van der Waals surface area contributed by atoms with Crippen LogP contribution < -0.4 is 5.73 Å². The van der Waals surface area contributed by atoms with Crippen molar-refractivity contribution in [1.82, 2.24) is 4.98 Å². The minimum absolute atomic E-state index is 0.315. The summed E-state index contributed by atoms with van der Waals surface area (Å²) in [6.07, 6.45) is 0. The van der Waals surface area contributed by atoms with E-state index in [4.69, 9.17) is 11.0 Å². The second-order valence-electron chi connectivity index (χ2n) is 2.44. The van der Waals surface area contributed by atoms with E-state index in [9.17, 15) is 0 Å². The number of hydrogen-bond donors (Lipinski definition) is 1. The quantitative estimate of drug-likeness (QED) is 0.598. The molecular weight excluding hydrogens is 138 g/mol. The van der Waals surface area contributed by atoms with Crippen LogP contribution in [0.15, 0.2) is 6.07 Å². The monoisotopic (exact) mass is 147 g/mol. The average Bonchev–Trinajstić information content (AvgIpc) is 1.97. The van der Waals surface area contributed by atoms with Gasteiger partial charge >= 0.3 is 0 Å². The lowest BCUT2D eigenvalue weighted by Gasteiger charge is -2.01. The third-order valence-corrected chi connectivity index (χ3v) is 1.62. The van der Waals surface area contributed by atoms with Gasteiger partial charge in [-0.25, -0.2) is 4.98 Å². The van der Waals surface area contributed by atoms with E-state index in [0.717, 1.165) is 11.3 Å². The molecule has 0 aromatic carbocycles. The lowest BCUT2D eigenvalue weighted by molar-refractivity contribution is 1.15. The van der Waals surface area contributed by atoms with Gasteiger partial charge in [0.2, 0.25) is 0 Å². The summed E-state index contributed by atoms with van der Waals surface area (Å²) >= 11 is 0. The normalized spacial score (nSPS) is 9.18. The minimum atomic E-state index is 0.315. The standard InChI is InChI=1S/C8H9N3/c1-5-3-7(4-9)8(10)11-6(5)2/h3H,1-2H3,(H2,10,11). The number of nitrogens with two attached hydrogens (primary N) is 1. The van der Waals surface area contributed by atoms with Crippen LogP contribution in [-0.2, 0) is 0 Å². The van der Waals surface area contributed by atoms with Crippen LogP contribution in [0.3, 0.4) is 0 Å². The molecule has 0 unspecified atom stereocenters. The van der Waals surface area contributed by atoms with Gasteiger partial charge in [0, 0.05) is 5.69 Å². The van der Waals surface area contributed by atoms with Gasteiger partial charge < -0.3 is 5.73 Å². The maximum absolute atomic E-state index is 8.56. The molecule has 3 nitrogen and oxygen atoms in total. The minimum Gasteiger partial charge on any atom is -0.383 e. The molecule has 0 amide bonds. The maximum Gasteiger partial charge on any atom is 0.141 e. The summed E-state index contributed by atoms with van der Waals surface area (Å²) < 4.78 is 0. The Kier molecular flexibility index (Phi) is 1.77. The van der Waals surface area contributed by atoms with E-state index < -0.39 is 0 Å². The number of rotatable bonds is 0. The molecule has 0 aliphatic carbocycles. The molecule has 1 heterocycles. The van der Waals surface area contributed by atoms with E-state index in [1.165, 1.54) is 0 Å². The molecule has 0 atom stereocenters. The van der Waals surface area contributed by atoms with Crippen LogP contribution in [0.25, 0.3) is 0 Å². The predicted molar refractivity (Wildman–Crippen MR) is 42.8 cm³/mol. The fraction of sp³-hybridized carbons (Fsp3) is 0.250. The molecule has 0 saturated heterocycles. The molecule has 0 aliphatic rings. The molecule has 0 radical (unpaired) electrons. The van der Waals surface area contributed by atoms with Gasteiger partial charge in [-0.2, -0.15) is 5.26 Å². The van der Waals surface area contributed by atoms with Crippen LogP contribution >= 0.6 is 0 Å². The summed E-state index contributed by atoms with van der Waals surface area (Å²) in [4.78, 5) is 4.00. The van der Waals surface area contributed by atoms with Crippen LogP contribution in [0.1, 0.15) is 16.8 Å². The van der Waals surface area contributed by atoms with Crippen molar-refractivity contribution < 1.29 is 0 Å². The van der Waals surface area contributed by atoms with E-state index in [2.05, 4.69) is 4.98 Å². The Bertz CT molecular complexity index is 323. The molecule has 0 spiro atoms. The first-order chi connectivity index (χ1) is 5.15. The van der Waals surface area contributed by atoms with E-state index >= 15 is 0 Å². The third kappa shape index (κ3) is 1.30. The van der Waals surface area contributed by atoms with Crippen molar-refractivity contribution in [2.45, 2.75) is 13.8 Å². The maximum atomic E-state index is 8.56. The first-order valence-corrected chi connectivity index (χ1v) is 3.29. The summed E-state index contributed by atoms with van der Waals surface area (Å²) in [6, 6.07) is 3.72. The number of nitrogen functional groups attached to an aromatic ring is 1. The first kappa shape index (κ1) is 7.55. The Labute approximate surface area is 65.5 Å². The summed E-state index contributed by atoms with van der Waals surface area (Å²) in [5, 5.41) is 8.56. The van der Waals surface area contributed by atoms with Gasteiger partial charge in [0.1, 0.15) is 11.9 Å². The van der Waals surface area contributed by atoms with Gasteiger partial charge in [-0.3, -0.25) is 0 Å². The average molecular weight is 147 g/mol. The summed E-state index contributed by atoms with van der Waals surface area (Å²) in [7, 11) is 0. The molecule has 1 rings (SSSR count). The van der Waals surface area contributed by atoms with Crippen LogP contribution in [0.2, 0.25) is 0 Å². The Morgan fingerprint density at radius 2 is 2.18 bits per heavy atom. The highest BCUT2D eigenvalue weighted by Gasteiger charge is 2.01. The molecule has 11 heavy (non-hydrogen) atoms. The van der Waals surface area contributed by atoms with Gasteiger partial charge in [-0.05, 0) is 25.5 Å². The SMILES string of the molecule is Cc1cc(C#N)c(N)nc1C. The predicted octanol–water partition coefficient (Wildman–Crippen LogP) is 1.15. The lowest BCUT2D eigenvalue weighted by Crippen LogP contribution is -1.98. The van der Waals surface area contributed by atoms with Crippen LogP contribution in [-0.4, -0.2) is 4.98 Å². The molecule has 3 heteroatoms. The third-order valence-electron chi connectivity index (χ3n) is 1.62. The number of aryl methyl sites for hydroxylation is 2. The van der Waals surface area contributed by atoms with Gasteiger partial charge in [-0.1, -0.05) is 0 Å². The highest BCUT2D eigenvalue weighted by molar-refractivity contribution is 5.50. The van der Waals surface area contributed by atoms with Crippen molar-refractivity contribution in [2.75, 3.05) is 5.73 Å². The van der Waals surface area contributed by atoms with Crippen LogP contribution in [0, 0.1) is 25.2 Å². The highest BCUT2D eigenvalue weighted by Crippen LogP contribution is 2.11. The molecule has 0 saturated carbocycles. The Balaban J connectivity index is 3.35. The van der Waals surface area contributed by atoms with Crippen molar-refractivity contribution >= 4 is 5.82 Å². The molecule has 1 aromatic rings. The fourth-order valence-corrected chi connectivity index (χ4v) is 0.814. The van der Waals surface area contributed by atoms with Gasteiger partial charge in [0.15, 0.2) is 0 Å². The number of hydrogen-bond acceptors (Lipinski definition) is 3. The first-order valence-electron chi connectivity index (χ1n) is 3.29. The second-order valence-corrected chi connectivity index (χ2v) is 2.44. The van der Waals surface area contributed by atoms with Crippen LogP contribution in [0.4, 0.5) is 5.82 Å². The van der Waals surface area contributed by atoms with Crippen molar-refractivity contribution in [3.05, 3.63) is 22.9 Å². The lowest BCUT2D eigenvalue weighted by atomic mass is 10.1. The second kappa shape index (κ2) is 2.59.